The van der Waals surface area contributed by atoms with E-state index in [-0.39, 0.29) is 11.9 Å². The number of halogens is 1. The van der Waals surface area contributed by atoms with Gasteiger partial charge in [0.25, 0.3) is 0 Å². The average molecular weight is 264 g/mol. The van der Waals surface area contributed by atoms with Gasteiger partial charge in [0.2, 0.25) is 0 Å². The highest BCUT2D eigenvalue weighted by molar-refractivity contribution is 5.76. The van der Waals surface area contributed by atoms with Gasteiger partial charge < -0.3 is 15.7 Å². The molecule has 5 heteroatoms. The van der Waals surface area contributed by atoms with Gasteiger partial charge in [0.15, 0.2) is 0 Å². The van der Waals surface area contributed by atoms with Crippen LogP contribution in [0, 0.1) is 5.82 Å². The number of benzene rings is 1. The molecule has 1 atom stereocenters. The molecular formula is C14H17FN2O2. The van der Waals surface area contributed by atoms with E-state index in [9.17, 15) is 9.18 Å². The zero-order valence-electron chi connectivity index (χ0n) is 10.8. The van der Waals surface area contributed by atoms with E-state index >= 15 is 0 Å². The molecule has 0 aliphatic heterocycles. The third-order valence-corrected chi connectivity index (χ3v) is 3.59. The van der Waals surface area contributed by atoms with Gasteiger partial charge in [-0.25, -0.2) is 9.18 Å². The van der Waals surface area contributed by atoms with Crippen molar-refractivity contribution in [2.75, 3.05) is 12.8 Å². The summed E-state index contributed by atoms with van der Waals surface area (Å²) < 4.78 is 13.2. The first kappa shape index (κ1) is 13.4. The van der Waals surface area contributed by atoms with E-state index in [2.05, 4.69) is 0 Å². The molecule has 3 N–H and O–H groups in total. The van der Waals surface area contributed by atoms with Gasteiger partial charge in [-0.05, 0) is 43.0 Å². The van der Waals surface area contributed by atoms with Gasteiger partial charge in [0.1, 0.15) is 5.82 Å². The fraction of sp³-hybridized carbons (Fsp3) is 0.357. The van der Waals surface area contributed by atoms with Gasteiger partial charge in [0, 0.05) is 24.3 Å². The summed E-state index contributed by atoms with van der Waals surface area (Å²) in [6, 6.07) is 4.31. The molecule has 19 heavy (non-hydrogen) atoms. The number of nitrogens with zero attached hydrogens (tertiary/aromatic N) is 1. The molecule has 4 nitrogen and oxygen atoms in total. The SMILES string of the molecule is CN(C(=O)O)C1CC=C(c2cc(F)ccc2N)CC1. The lowest BCUT2D eigenvalue weighted by Crippen LogP contribution is -2.36. The number of carboxylic acid groups (broad SMARTS) is 1. The highest BCUT2D eigenvalue weighted by atomic mass is 19.1. The maximum Gasteiger partial charge on any atom is 0.407 e. The predicted octanol–water partition coefficient (Wildman–Crippen LogP) is 2.95. The molecule has 0 heterocycles. The number of allylic oxidation sites excluding steroid dienone is 1. The van der Waals surface area contributed by atoms with Crippen LogP contribution in [-0.2, 0) is 0 Å². The topological polar surface area (TPSA) is 66.6 Å². The Hall–Kier alpha value is -2.04. The summed E-state index contributed by atoms with van der Waals surface area (Å²) in [5, 5.41) is 8.93. The van der Waals surface area contributed by atoms with Crippen LogP contribution < -0.4 is 5.73 Å². The Kier molecular flexibility index (Phi) is 3.74. The Morgan fingerprint density at radius 1 is 1.53 bits per heavy atom. The summed E-state index contributed by atoms with van der Waals surface area (Å²) in [5.41, 5.74) is 8.12. The molecule has 0 spiro atoms. The van der Waals surface area contributed by atoms with Gasteiger partial charge in [-0.3, -0.25) is 0 Å². The van der Waals surface area contributed by atoms with Crippen LogP contribution in [0.2, 0.25) is 0 Å². The molecule has 0 fully saturated rings. The molecule has 0 aromatic heterocycles. The van der Waals surface area contributed by atoms with Crippen LogP contribution in [0.3, 0.4) is 0 Å². The second kappa shape index (κ2) is 5.30. The largest absolute Gasteiger partial charge is 0.465 e. The lowest BCUT2D eigenvalue weighted by Gasteiger charge is -2.29. The smallest absolute Gasteiger partial charge is 0.407 e. The van der Waals surface area contributed by atoms with E-state index in [1.165, 1.54) is 17.0 Å². The van der Waals surface area contributed by atoms with E-state index in [0.29, 0.717) is 18.5 Å². The number of hydrogen-bond donors (Lipinski definition) is 2. The molecule has 2 rings (SSSR count). The van der Waals surface area contributed by atoms with Crippen LogP contribution in [-0.4, -0.2) is 29.2 Å². The second-order valence-electron chi connectivity index (χ2n) is 4.78. The van der Waals surface area contributed by atoms with Gasteiger partial charge in [-0.1, -0.05) is 6.08 Å². The van der Waals surface area contributed by atoms with Crippen molar-refractivity contribution in [1.82, 2.24) is 4.90 Å². The fourth-order valence-corrected chi connectivity index (χ4v) is 2.38. The first-order chi connectivity index (χ1) is 8.99. The van der Waals surface area contributed by atoms with Crippen LogP contribution >= 0.6 is 0 Å². The molecule has 102 valence electrons. The summed E-state index contributed by atoms with van der Waals surface area (Å²) in [6.07, 6.45) is 3.10. The minimum absolute atomic E-state index is 0.0176. The van der Waals surface area contributed by atoms with Crippen LogP contribution in [0.15, 0.2) is 24.3 Å². The highest BCUT2D eigenvalue weighted by Gasteiger charge is 2.22. The minimum atomic E-state index is -0.924. The molecule has 1 aliphatic carbocycles. The quantitative estimate of drug-likeness (QED) is 0.807. The Labute approximate surface area is 111 Å². The monoisotopic (exact) mass is 264 g/mol. The van der Waals surface area contributed by atoms with E-state index in [0.717, 1.165) is 17.6 Å². The number of rotatable bonds is 2. The molecule has 1 unspecified atom stereocenters. The molecule has 1 aromatic rings. The Balaban J connectivity index is 2.17. The van der Waals surface area contributed by atoms with Gasteiger partial charge >= 0.3 is 6.09 Å². The Morgan fingerprint density at radius 3 is 2.84 bits per heavy atom. The van der Waals surface area contributed by atoms with Crippen LogP contribution in [0.1, 0.15) is 24.8 Å². The zero-order valence-corrected chi connectivity index (χ0v) is 10.8. The van der Waals surface area contributed by atoms with Crippen LogP contribution in [0.25, 0.3) is 5.57 Å². The Bertz CT molecular complexity index is 528. The number of nitrogens with two attached hydrogens (primary N) is 1. The molecular weight excluding hydrogens is 247 g/mol. The lowest BCUT2D eigenvalue weighted by molar-refractivity contribution is 0.136. The first-order valence-corrected chi connectivity index (χ1v) is 6.19. The van der Waals surface area contributed by atoms with Crippen molar-refractivity contribution in [1.29, 1.82) is 0 Å². The van der Waals surface area contributed by atoms with E-state index in [1.54, 1.807) is 13.1 Å². The molecule has 1 aromatic carbocycles. The van der Waals surface area contributed by atoms with Crippen LogP contribution in [0.4, 0.5) is 14.9 Å². The van der Waals surface area contributed by atoms with E-state index in [1.807, 2.05) is 6.08 Å². The van der Waals surface area contributed by atoms with Crippen molar-refractivity contribution in [3.63, 3.8) is 0 Å². The fourth-order valence-electron chi connectivity index (χ4n) is 2.38. The summed E-state index contributed by atoms with van der Waals surface area (Å²) >= 11 is 0. The number of amides is 1. The number of carbonyl (C=O) groups is 1. The molecule has 1 amide bonds. The third-order valence-electron chi connectivity index (χ3n) is 3.59. The predicted molar refractivity (Wildman–Crippen MR) is 72.2 cm³/mol. The summed E-state index contributed by atoms with van der Waals surface area (Å²) in [4.78, 5) is 12.2. The third kappa shape index (κ3) is 2.86. The van der Waals surface area contributed by atoms with Gasteiger partial charge in [0.05, 0.1) is 0 Å². The maximum absolute atomic E-state index is 13.2. The normalized spacial score (nSPS) is 18.8. The summed E-state index contributed by atoms with van der Waals surface area (Å²) in [5.74, 6) is -0.310. The van der Waals surface area contributed by atoms with Crippen molar-refractivity contribution in [3.05, 3.63) is 35.7 Å². The van der Waals surface area contributed by atoms with Crippen molar-refractivity contribution in [2.24, 2.45) is 0 Å². The highest BCUT2D eigenvalue weighted by Crippen LogP contribution is 2.32. The number of nitrogen functional groups attached to an aromatic ring is 1. The van der Waals surface area contributed by atoms with Crippen molar-refractivity contribution in [2.45, 2.75) is 25.3 Å². The first-order valence-electron chi connectivity index (χ1n) is 6.19. The van der Waals surface area contributed by atoms with E-state index in [4.69, 9.17) is 10.8 Å². The summed E-state index contributed by atoms with van der Waals surface area (Å²) in [7, 11) is 1.57. The van der Waals surface area contributed by atoms with Gasteiger partial charge in [-0.2, -0.15) is 0 Å². The zero-order chi connectivity index (χ0) is 14.0. The molecule has 0 radical (unpaired) electrons. The van der Waals surface area contributed by atoms with Crippen molar-refractivity contribution < 1.29 is 14.3 Å². The number of anilines is 1. The maximum atomic E-state index is 13.2. The Morgan fingerprint density at radius 2 is 2.26 bits per heavy atom. The molecule has 1 aliphatic rings. The van der Waals surface area contributed by atoms with Gasteiger partial charge in [-0.15, -0.1) is 0 Å². The molecule has 0 saturated heterocycles. The van der Waals surface area contributed by atoms with Crippen molar-refractivity contribution in [3.8, 4) is 0 Å². The number of hydrogen-bond acceptors (Lipinski definition) is 2. The minimum Gasteiger partial charge on any atom is -0.465 e. The molecule has 0 bridgehead atoms. The van der Waals surface area contributed by atoms with Crippen LogP contribution in [0.5, 0.6) is 0 Å². The standard InChI is InChI=1S/C14H17FN2O2/c1-17(14(18)19)11-5-2-9(3-6-11)12-8-10(15)4-7-13(12)16/h2,4,7-8,11H,3,5-6,16H2,1H3,(H,18,19). The second-order valence-corrected chi connectivity index (χ2v) is 4.78. The average Bonchev–Trinajstić information content (AvgIpc) is 2.41. The lowest BCUT2D eigenvalue weighted by atomic mass is 9.89. The van der Waals surface area contributed by atoms with Crippen molar-refractivity contribution >= 4 is 17.4 Å². The summed E-state index contributed by atoms with van der Waals surface area (Å²) in [6.45, 7) is 0. The molecule has 0 saturated carbocycles. The van der Waals surface area contributed by atoms with E-state index < -0.39 is 6.09 Å².